The standard InChI is InChI=1S/C55H71N13O5S2/c1-35(37-13-15-38(16-14-37)47-36(2)61-34-74-47)62-50(72)43-25-41(69)30-68(43)51(73)48(53(3,4)5)64-49(71)39-26-59-52(60-27-39)67-23-19-55(33-67)31-65(32-55)20-8-7-12-45(70)63-40-10-9-11-42(24-40)75-46-29-57-44(28-58-46)66-21-17-54(6,56)18-22-66/h9-11,13-16,24,26-29,34-35,41,43,48,69H,7-8,12,17-23,25,30-33,56H2,1-6H3,(H,62,72)(H,63,70)(H,64,71)/t35-,41+,43-,48+/m0/s1. The Balaban J connectivity index is 0.694. The van der Waals surface area contributed by atoms with Gasteiger partial charge in [-0.3, -0.25) is 19.2 Å². The zero-order valence-corrected chi connectivity index (χ0v) is 45.6. The Morgan fingerprint density at radius 1 is 0.893 bits per heavy atom. The molecule has 20 heteroatoms. The molecule has 9 rings (SSSR count). The molecule has 75 heavy (non-hydrogen) atoms. The second kappa shape index (κ2) is 22.6. The van der Waals surface area contributed by atoms with Crippen molar-refractivity contribution < 1.29 is 24.3 Å². The zero-order chi connectivity index (χ0) is 53.1. The van der Waals surface area contributed by atoms with Gasteiger partial charge in [0.25, 0.3) is 5.91 Å². The highest BCUT2D eigenvalue weighted by atomic mass is 32.2. The quantitative estimate of drug-likeness (QED) is 0.0629. The van der Waals surface area contributed by atoms with E-state index in [0.29, 0.717) is 12.4 Å². The van der Waals surface area contributed by atoms with Crippen LogP contribution < -0.4 is 31.5 Å². The molecule has 6 N–H and O–H groups in total. The second-order valence-electron chi connectivity index (χ2n) is 22.4. The van der Waals surface area contributed by atoms with E-state index in [-0.39, 0.29) is 47.3 Å². The average molecular weight is 1060 g/mol. The molecule has 4 amide bonds. The van der Waals surface area contributed by atoms with E-state index in [1.54, 1.807) is 17.5 Å². The van der Waals surface area contributed by atoms with Gasteiger partial charge >= 0.3 is 0 Å². The van der Waals surface area contributed by atoms with E-state index in [4.69, 9.17) is 5.73 Å². The van der Waals surface area contributed by atoms with E-state index in [0.717, 1.165) is 121 Å². The van der Waals surface area contributed by atoms with Crippen LogP contribution in [0.4, 0.5) is 17.5 Å². The molecular formula is C55H71N13O5S2. The Labute approximate surface area is 448 Å². The summed E-state index contributed by atoms with van der Waals surface area (Å²) in [6.45, 7) is 17.7. The van der Waals surface area contributed by atoms with Crippen LogP contribution in [0.15, 0.2) is 88.8 Å². The van der Waals surface area contributed by atoms with Gasteiger partial charge in [0.2, 0.25) is 23.7 Å². The monoisotopic (exact) mass is 1060 g/mol. The highest BCUT2D eigenvalue weighted by Gasteiger charge is 2.48. The first-order valence-corrected chi connectivity index (χ1v) is 27.8. The number of nitrogens with one attached hydrogen (secondary N) is 3. The molecule has 4 aliphatic heterocycles. The maximum Gasteiger partial charge on any atom is 0.255 e. The highest BCUT2D eigenvalue weighted by Crippen LogP contribution is 2.41. The number of aliphatic hydroxyl groups is 1. The van der Waals surface area contributed by atoms with Crippen molar-refractivity contribution in [3.8, 4) is 10.4 Å². The van der Waals surface area contributed by atoms with Gasteiger partial charge in [-0.25, -0.2) is 24.9 Å². The van der Waals surface area contributed by atoms with Crippen LogP contribution in [-0.2, 0) is 14.4 Å². The van der Waals surface area contributed by atoms with Gasteiger partial charge in [0.15, 0.2) is 0 Å². The lowest BCUT2D eigenvalue weighted by Crippen LogP contribution is -2.58. The molecule has 0 aliphatic carbocycles. The number of unbranched alkanes of at least 4 members (excludes halogenated alkanes) is 1. The van der Waals surface area contributed by atoms with Crippen LogP contribution in [0.3, 0.4) is 0 Å². The van der Waals surface area contributed by atoms with E-state index in [2.05, 4.69) is 62.5 Å². The van der Waals surface area contributed by atoms with Gasteiger partial charge in [-0.2, -0.15) is 0 Å². The molecule has 1 spiro atoms. The summed E-state index contributed by atoms with van der Waals surface area (Å²) < 4.78 is 0. The maximum atomic E-state index is 14.3. The third kappa shape index (κ3) is 13.1. The summed E-state index contributed by atoms with van der Waals surface area (Å²) in [7, 11) is 0. The number of rotatable bonds is 17. The summed E-state index contributed by atoms with van der Waals surface area (Å²) in [5, 5.41) is 20.6. The number of hydrogen-bond acceptors (Lipinski definition) is 16. The van der Waals surface area contributed by atoms with Crippen LogP contribution >= 0.6 is 23.1 Å². The van der Waals surface area contributed by atoms with E-state index < -0.39 is 35.4 Å². The van der Waals surface area contributed by atoms with Crippen LogP contribution in [0.5, 0.6) is 0 Å². The SMILES string of the molecule is Cc1ncsc1-c1ccc([C@H](C)NC(=O)[C@@H]2C[C@@H](O)CN2C(=O)[C@@H](NC(=O)c2cnc(N3CCC4(CN(CCCCC(=O)Nc5cccc(Sc6cnc(N7CCC(C)(N)CC7)cn6)c5)C4)C3)nc2)C(C)(C)C)cc1. The third-order valence-electron chi connectivity index (χ3n) is 15.1. The van der Waals surface area contributed by atoms with Gasteiger partial charge in [0, 0.05) is 92.6 Å². The molecule has 4 aliphatic rings. The van der Waals surface area contributed by atoms with Gasteiger partial charge in [0.1, 0.15) is 22.9 Å². The number of amides is 4. The molecule has 18 nitrogen and oxygen atoms in total. The third-order valence-corrected chi connectivity index (χ3v) is 17.0. The fraction of sp³-hybridized carbons (Fsp3) is 0.509. The minimum Gasteiger partial charge on any atom is -0.391 e. The Morgan fingerprint density at radius 3 is 2.31 bits per heavy atom. The number of nitrogens with zero attached hydrogens (tertiary/aromatic N) is 9. The first-order valence-electron chi connectivity index (χ1n) is 26.1. The first-order chi connectivity index (χ1) is 35.8. The number of anilines is 3. The van der Waals surface area contributed by atoms with Crippen LogP contribution in [0.2, 0.25) is 0 Å². The summed E-state index contributed by atoms with van der Waals surface area (Å²) in [6.07, 6.45) is 10.8. The number of aliphatic hydroxyl groups excluding tert-OH is 1. The lowest BCUT2D eigenvalue weighted by atomic mass is 9.79. The minimum absolute atomic E-state index is 0.00124. The first kappa shape index (κ1) is 53.8. The molecule has 4 atom stereocenters. The molecule has 7 heterocycles. The molecule has 3 aromatic heterocycles. The Bertz CT molecular complexity index is 2810. The van der Waals surface area contributed by atoms with Crippen LogP contribution in [0.1, 0.15) is 107 Å². The van der Waals surface area contributed by atoms with Crippen molar-refractivity contribution in [3.05, 3.63) is 95.6 Å². The molecule has 0 saturated carbocycles. The van der Waals surface area contributed by atoms with Crippen LogP contribution in [0, 0.1) is 17.8 Å². The zero-order valence-electron chi connectivity index (χ0n) is 43.9. The van der Waals surface area contributed by atoms with Crippen molar-refractivity contribution in [3.63, 3.8) is 0 Å². The number of aromatic nitrogens is 5. The number of likely N-dealkylation sites (tertiary alicyclic amines) is 2. The Morgan fingerprint density at radius 2 is 1.63 bits per heavy atom. The van der Waals surface area contributed by atoms with Gasteiger partial charge < -0.3 is 46.4 Å². The lowest BCUT2D eigenvalue weighted by molar-refractivity contribution is -0.142. The average Bonchev–Trinajstić information content (AvgIpc) is 4.13. The number of benzene rings is 2. The minimum atomic E-state index is -1.00. The smallest absolute Gasteiger partial charge is 0.255 e. The van der Waals surface area contributed by atoms with Crippen molar-refractivity contribution in [2.24, 2.45) is 16.6 Å². The Hall–Kier alpha value is -6.06. The number of piperidine rings is 1. The second-order valence-corrected chi connectivity index (χ2v) is 24.4. The number of nitrogens with two attached hydrogens (primary N) is 1. The van der Waals surface area contributed by atoms with Crippen LogP contribution in [0.25, 0.3) is 10.4 Å². The molecule has 5 aromatic rings. The van der Waals surface area contributed by atoms with E-state index in [1.165, 1.54) is 29.1 Å². The van der Waals surface area contributed by atoms with E-state index in [9.17, 15) is 24.3 Å². The summed E-state index contributed by atoms with van der Waals surface area (Å²) in [4.78, 5) is 87.9. The maximum absolute atomic E-state index is 14.3. The number of aryl methyl sites for hydroxylation is 1. The molecular weight excluding hydrogens is 987 g/mol. The predicted molar refractivity (Wildman–Crippen MR) is 293 cm³/mol. The summed E-state index contributed by atoms with van der Waals surface area (Å²) >= 11 is 3.09. The van der Waals surface area contributed by atoms with Crippen molar-refractivity contribution >= 4 is 64.2 Å². The number of carbonyl (C=O) groups is 4. The summed E-state index contributed by atoms with van der Waals surface area (Å²) in [6, 6.07) is 13.5. The lowest BCUT2D eigenvalue weighted by Gasteiger charge is -2.48. The van der Waals surface area contributed by atoms with Gasteiger partial charge in [-0.15, -0.1) is 11.3 Å². The van der Waals surface area contributed by atoms with Crippen LogP contribution in [-0.4, -0.2) is 140 Å². The topological polar surface area (TPSA) is 228 Å². The van der Waals surface area contributed by atoms with Gasteiger partial charge in [-0.1, -0.05) is 62.9 Å². The largest absolute Gasteiger partial charge is 0.391 e. The van der Waals surface area contributed by atoms with Gasteiger partial charge in [-0.05, 0) is 94.2 Å². The van der Waals surface area contributed by atoms with E-state index in [1.807, 2.05) is 94.9 Å². The molecule has 4 fully saturated rings. The molecule has 398 valence electrons. The van der Waals surface area contributed by atoms with Crippen molar-refractivity contribution in [1.29, 1.82) is 0 Å². The number of β-amino-alcohol motifs (C(OH)–C–C–N with tert-alkyl or cyclic N) is 1. The highest BCUT2D eigenvalue weighted by molar-refractivity contribution is 7.99. The number of carbonyl (C=O) groups excluding carboxylic acids is 4. The van der Waals surface area contributed by atoms with Crippen molar-refractivity contribution in [2.45, 2.75) is 126 Å². The predicted octanol–water partition coefficient (Wildman–Crippen LogP) is 6.47. The van der Waals surface area contributed by atoms with Crippen molar-refractivity contribution in [1.82, 2.24) is 45.4 Å². The number of hydrogen-bond donors (Lipinski definition) is 5. The van der Waals surface area contributed by atoms with Gasteiger partial charge in [0.05, 0.1) is 46.2 Å². The fourth-order valence-corrected chi connectivity index (χ4v) is 12.2. The fourth-order valence-electron chi connectivity index (χ4n) is 10.6. The summed E-state index contributed by atoms with van der Waals surface area (Å²) in [5.74, 6) is 0.102. The van der Waals surface area contributed by atoms with Crippen molar-refractivity contribution in [2.75, 3.05) is 67.5 Å². The molecule has 4 saturated heterocycles. The molecule has 2 aromatic carbocycles. The van der Waals surface area contributed by atoms with E-state index >= 15 is 0 Å². The molecule has 0 bridgehead atoms. The Kier molecular flexibility index (Phi) is 16.2. The molecule has 0 radical (unpaired) electrons. The summed E-state index contributed by atoms with van der Waals surface area (Å²) in [5.41, 5.74) is 11.3. The number of thiazole rings is 1. The normalized spacial score (nSPS) is 20.1. The molecule has 0 unspecified atom stereocenters.